The quantitative estimate of drug-likeness (QED) is 0.321. The summed E-state index contributed by atoms with van der Waals surface area (Å²) in [7, 11) is 0. The average Bonchev–Trinajstić information content (AvgIpc) is 3.52. The van der Waals surface area contributed by atoms with Gasteiger partial charge in [0.15, 0.2) is 0 Å². The van der Waals surface area contributed by atoms with E-state index < -0.39 is 6.10 Å². The van der Waals surface area contributed by atoms with Crippen molar-refractivity contribution in [2.45, 2.75) is 117 Å². The molecule has 0 saturated heterocycles. The maximum absolute atomic E-state index is 13.1. The van der Waals surface area contributed by atoms with Crippen LogP contribution in [0.5, 0.6) is 0 Å². The highest BCUT2D eigenvalue weighted by molar-refractivity contribution is 6.01. The van der Waals surface area contributed by atoms with Crippen LogP contribution in [0.4, 0.5) is 5.69 Å². The van der Waals surface area contributed by atoms with Gasteiger partial charge in [-0.05, 0) is 130 Å². The van der Waals surface area contributed by atoms with Gasteiger partial charge < -0.3 is 25.2 Å². The Morgan fingerprint density at radius 3 is 2.56 bits per heavy atom. The van der Waals surface area contributed by atoms with Gasteiger partial charge in [-0.2, -0.15) is 0 Å². The van der Waals surface area contributed by atoms with Crippen molar-refractivity contribution in [1.29, 1.82) is 0 Å². The Morgan fingerprint density at radius 2 is 1.80 bits per heavy atom. The van der Waals surface area contributed by atoms with Crippen LogP contribution in [-0.4, -0.2) is 44.1 Å². The lowest BCUT2D eigenvalue weighted by molar-refractivity contribution is -0.207. The highest BCUT2D eigenvalue weighted by Crippen LogP contribution is 2.68. The number of amides is 1. The number of anilines is 1. The van der Waals surface area contributed by atoms with E-state index in [0.717, 1.165) is 68.0 Å². The van der Waals surface area contributed by atoms with E-state index in [4.69, 9.17) is 0 Å². The first-order chi connectivity index (χ1) is 19.4. The van der Waals surface area contributed by atoms with Crippen molar-refractivity contribution in [1.82, 2.24) is 4.57 Å². The fourth-order valence-corrected chi connectivity index (χ4v) is 10.7. The van der Waals surface area contributed by atoms with E-state index in [1.807, 2.05) is 12.1 Å². The number of nitrogens with one attached hydrogen (secondary N) is 1. The third-order valence-corrected chi connectivity index (χ3v) is 12.9. The van der Waals surface area contributed by atoms with Gasteiger partial charge >= 0.3 is 0 Å². The predicted octanol–water partition coefficient (Wildman–Crippen LogP) is 6.54. The molecule has 2 aromatic rings. The Morgan fingerprint density at radius 1 is 1.02 bits per heavy atom. The normalized spacial score (nSPS) is 41.1. The lowest BCUT2D eigenvalue weighted by atomic mass is 9.43. The minimum absolute atomic E-state index is 0.0479. The summed E-state index contributed by atoms with van der Waals surface area (Å²) in [6, 6.07) is 8.54. The third-order valence-electron chi connectivity index (χ3n) is 12.9. The van der Waals surface area contributed by atoms with Crippen LogP contribution in [0.3, 0.4) is 0 Å². The molecule has 6 nitrogen and oxygen atoms in total. The maximum atomic E-state index is 13.1. The smallest absolute Gasteiger partial charge is 0.224 e. The summed E-state index contributed by atoms with van der Waals surface area (Å²) in [5.74, 6) is 1.87. The number of carbonyl (C=O) groups excluding carboxylic acids is 1. The van der Waals surface area contributed by atoms with E-state index >= 15 is 0 Å². The Hall–Kier alpha value is -1.89. The fourth-order valence-electron chi connectivity index (χ4n) is 10.7. The van der Waals surface area contributed by atoms with E-state index in [2.05, 4.69) is 62.8 Å². The number of aromatic nitrogens is 1. The number of nitrogens with zero attached hydrogens (tertiary/aromatic N) is 1. The second-order valence-corrected chi connectivity index (χ2v) is 15.1. The van der Waals surface area contributed by atoms with Crippen LogP contribution in [0.15, 0.2) is 30.5 Å². The lowest BCUT2D eigenvalue weighted by Crippen LogP contribution is -2.62. The topological polar surface area (TPSA) is 94.7 Å². The zero-order chi connectivity index (χ0) is 29.3. The van der Waals surface area contributed by atoms with Crippen LogP contribution < -0.4 is 5.32 Å². The maximum Gasteiger partial charge on any atom is 0.224 e. The molecule has 1 heterocycles. The SMILES string of the molecule is CC(CCC(=O)Nc1cccc2c1ccn2C(C)C)C1CCC2C3C(O)CC4CC(O)CCC4(C)C3CC(O)C12C. The Labute approximate surface area is 245 Å². The molecule has 4 fully saturated rings. The molecule has 1 aromatic heterocycles. The summed E-state index contributed by atoms with van der Waals surface area (Å²) in [4.78, 5) is 13.1. The molecule has 4 aliphatic carbocycles. The summed E-state index contributed by atoms with van der Waals surface area (Å²) in [6.45, 7) is 11.3. The summed E-state index contributed by atoms with van der Waals surface area (Å²) < 4.78 is 2.23. The van der Waals surface area contributed by atoms with Crippen LogP contribution in [0.25, 0.3) is 10.9 Å². The molecule has 1 aromatic carbocycles. The lowest BCUT2D eigenvalue weighted by Gasteiger charge is -2.63. The van der Waals surface area contributed by atoms with Crippen molar-refractivity contribution in [2.24, 2.45) is 46.3 Å². The molecule has 11 atom stereocenters. The summed E-state index contributed by atoms with van der Waals surface area (Å²) in [6.07, 6.45) is 8.60. The first-order valence-corrected chi connectivity index (χ1v) is 16.4. The van der Waals surface area contributed by atoms with Crippen LogP contribution in [-0.2, 0) is 4.79 Å². The minimum Gasteiger partial charge on any atom is -0.393 e. The number of fused-ring (bicyclic) bond motifs is 6. The molecule has 4 saturated carbocycles. The molecular weight excluding hydrogens is 512 g/mol. The molecule has 4 aliphatic rings. The molecule has 11 unspecified atom stereocenters. The van der Waals surface area contributed by atoms with E-state index in [1.165, 1.54) is 0 Å². The van der Waals surface area contributed by atoms with Gasteiger partial charge in [-0.1, -0.05) is 26.8 Å². The number of carbonyl (C=O) groups is 1. The number of aliphatic hydroxyl groups excluding tert-OH is 3. The highest BCUT2D eigenvalue weighted by Gasteiger charge is 2.65. The van der Waals surface area contributed by atoms with Gasteiger partial charge in [0.05, 0.1) is 29.5 Å². The van der Waals surface area contributed by atoms with Gasteiger partial charge in [0, 0.05) is 24.0 Å². The van der Waals surface area contributed by atoms with Gasteiger partial charge in [0.2, 0.25) is 5.91 Å². The Bertz CT molecular complexity index is 1270. The average molecular weight is 565 g/mol. The molecule has 6 rings (SSSR count). The first-order valence-electron chi connectivity index (χ1n) is 16.4. The van der Waals surface area contributed by atoms with Crippen molar-refractivity contribution in [2.75, 3.05) is 5.32 Å². The molecule has 4 N–H and O–H groups in total. The van der Waals surface area contributed by atoms with Crippen molar-refractivity contribution >= 4 is 22.5 Å². The van der Waals surface area contributed by atoms with Crippen molar-refractivity contribution in [3.63, 3.8) is 0 Å². The van der Waals surface area contributed by atoms with Gasteiger partial charge in [-0.25, -0.2) is 0 Å². The summed E-state index contributed by atoms with van der Waals surface area (Å²) in [5.41, 5.74) is 1.86. The molecule has 1 amide bonds. The van der Waals surface area contributed by atoms with Gasteiger partial charge in [0.1, 0.15) is 0 Å². The van der Waals surface area contributed by atoms with Crippen LogP contribution in [0.2, 0.25) is 0 Å². The number of aliphatic hydroxyl groups is 3. The second kappa shape index (κ2) is 10.7. The summed E-state index contributed by atoms with van der Waals surface area (Å²) >= 11 is 0. The highest BCUT2D eigenvalue weighted by atomic mass is 16.3. The number of rotatable bonds is 6. The largest absolute Gasteiger partial charge is 0.393 e. The minimum atomic E-state index is -0.394. The predicted molar refractivity (Wildman–Crippen MR) is 163 cm³/mol. The van der Waals surface area contributed by atoms with Crippen molar-refractivity contribution < 1.29 is 20.1 Å². The third kappa shape index (κ3) is 4.67. The Balaban J connectivity index is 1.14. The van der Waals surface area contributed by atoms with E-state index in [0.29, 0.717) is 42.1 Å². The molecule has 0 aliphatic heterocycles. The molecule has 0 radical (unpaired) electrons. The monoisotopic (exact) mass is 564 g/mol. The standard InChI is InChI=1S/C35H52N2O4/c1-20(2)37-16-14-24-28(7-6-8-29(24)37)36-32(41)12-9-21(3)25-10-11-26-33-27(19-31(40)35(25,26)5)34(4)15-13-23(38)17-22(34)18-30(33)39/h6-8,14,16,20-23,25-27,30-31,33,38-40H,9-13,15,17-19H2,1-5H3,(H,36,41). The Kier molecular flexibility index (Phi) is 7.60. The van der Waals surface area contributed by atoms with E-state index in [9.17, 15) is 20.1 Å². The zero-order valence-corrected chi connectivity index (χ0v) is 25.7. The second-order valence-electron chi connectivity index (χ2n) is 15.1. The number of benzene rings is 1. The fraction of sp³-hybridized carbons (Fsp3) is 0.743. The molecule has 41 heavy (non-hydrogen) atoms. The number of hydrogen-bond donors (Lipinski definition) is 4. The van der Waals surface area contributed by atoms with Crippen molar-refractivity contribution in [3.8, 4) is 0 Å². The summed E-state index contributed by atoms with van der Waals surface area (Å²) in [5, 5.41) is 38.0. The van der Waals surface area contributed by atoms with Crippen LogP contribution in [0.1, 0.15) is 98.4 Å². The van der Waals surface area contributed by atoms with Crippen LogP contribution >= 0.6 is 0 Å². The van der Waals surface area contributed by atoms with E-state index in [-0.39, 0.29) is 34.9 Å². The molecule has 6 heteroatoms. The molecule has 0 spiro atoms. The van der Waals surface area contributed by atoms with Crippen molar-refractivity contribution in [3.05, 3.63) is 30.5 Å². The van der Waals surface area contributed by atoms with Crippen LogP contribution in [0, 0.1) is 46.3 Å². The van der Waals surface area contributed by atoms with E-state index in [1.54, 1.807) is 0 Å². The first kappa shape index (κ1) is 29.2. The van der Waals surface area contributed by atoms with Gasteiger partial charge in [-0.15, -0.1) is 0 Å². The van der Waals surface area contributed by atoms with Gasteiger partial charge in [-0.3, -0.25) is 4.79 Å². The molecule has 0 bridgehead atoms. The van der Waals surface area contributed by atoms with Gasteiger partial charge in [0.25, 0.3) is 0 Å². The number of hydrogen-bond acceptors (Lipinski definition) is 4. The molecule has 226 valence electrons. The zero-order valence-electron chi connectivity index (χ0n) is 25.7. The molecular formula is C35H52N2O4.